The first kappa shape index (κ1) is 16.6. The molecule has 0 radical (unpaired) electrons. The van der Waals surface area contributed by atoms with Gasteiger partial charge in [0, 0.05) is 0 Å². The third-order valence-electron chi connectivity index (χ3n) is 4.67. The van der Waals surface area contributed by atoms with E-state index in [9.17, 15) is 0 Å². The Hall–Kier alpha value is -0.800. The van der Waals surface area contributed by atoms with Crippen molar-refractivity contribution >= 4 is 0 Å². The number of furan rings is 1. The summed E-state index contributed by atoms with van der Waals surface area (Å²) in [6, 6.07) is 4.09. The summed E-state index contributed by atoms with van der Waals surface area (Å²) in [6.07, 6.45) is 4.22. The zero-order valence-corrected chi connectivity index (χ0v) is 14.0. The van der Waals surface area contributed by atoms with E-state index in [2.05, 4.69) is 33.0 Å². The van der Waals surface area contributed by atoms with Gasteiger partial charge in [0.25, 0.3) is 0 Å². The quantitative estimate of drug-likeness (QED) is 0.810. The van der Waals surface area contributed by atoms with Crippen LogP contribution in [0.5, 0.6) is 0 Å². The lowest BCUT2D eigenvalue weighted by atomic mass is 9.75. The predicted octanol–water partition coefficient (Wildman–Crippen LogP) is 4.37. The van der Waals surface area contributed by atoms with E-state index in [0.717, 1.165) is 30.5 Å². The van der Waals surface area contributed by atoms with E-state index in [1.165, 1.54) is 19.3 Å². The minimum atomic E-state index is 0.385. The second kappa shape index (κ2) is 8.00. The zero-order chi connectivity index (χ0) is 15.2. The van der Waals surface area contributed by atoms with Gasteiger partial charge in [-0.15, -0.1) is 0 Å². The summed E-state index contributed by atoms with van der Waals surface area (Å²) < 4.78 is 12.0. The molecule has 1 N–H and O–H groups in total. The van der Waals surface area contributed by atoms with Crippen LogP contribution >= 0.6 is 0 Å². The average molecular weight is 293 g/mol. The molecule has 0 aromatic carbocycles. The van der Waals surface area contributed by atoms with Gasteiger partial charge in [0.1, 0.15) is 18.1 Å². The monoisotopic (exact) mass is 293 g/mol. The van der Waals surface area contributed by atoms with Crippen molar-refractivity contribution in [1.82, 2.24) is 5.32 Å². The average Bonchev–Trinajstić information content (AvgIpc) is 2.90. The lowest BCUT2D eigenvalue weighted by Gasteiger charge is -2.37. The number of ether oxygens (including phenoxy) is 1. The smallest absolute Gasteiger partial charge is 0.129 e. The highest BCUT2D eigenvalue weighted by Crippen LogP contribution is 2.35. The minimum absolute atomic E-state index is 0.385. The molecule has 0 saturated heterocycles. The summed E-state index contributed by atoms with van der Waals surface area (Å²) in [5.74, 6) is 4.11. The molecule has 0 aliphatic heterocycles. The van der Waals surface area contributed by atoms with Crippen LogP contribution in [0.3, 0.4) is 0 Å². The molecule has 3 heteroatoms. The Morgan fingerprint density at radius 1 is 1.29 bits per heavy atom. The van der Waals surface area contributed by atoms with Gasteiger partial charge in [0.2, 0.25) is 0 Å². The van der Waals surface area contributed by atoms with Crippen molar-refractivity contribution < 1.29 is 9.15 Å². The summed E-state index contributed by atoms with van der Waals surface area (Å²) in [7, 11) is 0. The molecule has 1 aromatic heterocycles. The van der Waals surface area contributed by atoms with Gasteiger partial charge in [0.05, 0.1) is 12.6 Å². The van der Waals surface area contributed by atoms with Crippen LogP contribution in [0.2, 0.25) is 0 Å². The van der Waals surface area contributed by atoms with Gasteiger partial charge in [-0.2, -0.15) is 0 Å². The Labute approximate surface area is 129 Å². The van der Waals surface area contributed by atoms with E-state index in [4.69, 9.17) is 9.15 Å². The maximum Gasteiger partial charge on any atom is 0.129 e. The normalized spacial score (nSPS) is 26.4. The molecule has 3 nitrogen and oxygen atoms in total. The van der Waals surface area contributed by atoms with E-state index < -0.39 is 0 Å². The van der Waals surface area contributed by atoms with Crippen molar-refractivity contribution in [2.45, 2.75) is 66.2 Å². The van der Waals surface area contributed by atoms with Crippen molar-refractivity contribution in [3.8, 4) is 0 Å². The fourth-order valence-corrected chi connectivity index (χ4v) is 3.34. The summed E-state index contributed by atoms with van der Waals surface area (Å²) in [4.78, 5) is 0. The molecule has 1 aliphatic carbocycles. The molecule has 1 fully saturated rings. The Morgan fingerprint density at radius 3 is 2.76 bits per heavy atom. The fourth-order valence-electron chi connectivity index (χ4n) is 3.34. The number of hydrogen-bond donors (Lipinski definition) is 1. The van der Waals surface area contributed by atoms with Crippen LogP contribution in [-0.2, 0) is 17.9 Å². The van der Waals surface area contributed by atoms with Crippen molar-refractivity contribution in [1.29, 1.82) is 0 Å². The van der Waals surface area contributed by atoms with Crippen LogP contribution in [0.4, 0.5) is 0 Å². The summed E-state index contributed by atoms with van der Waals surface area (Å²) in [5.41, 5.74) is 0. The SMILES string of the molecule is CCNCc1ccc(COC2CC(C)CCC2C(C)C)o1. The predicted molar refractivity (Wildman–Crippen MR) is 86.0 cm³/mol. The molecule has 2 rings (SSSR count). The van der Waals surface area contributed by atoms with E-state index in [1.54, 1.807) is 0 Å². The molecule has 1 aliphatic rings. The van der Waals surface area contributed by atoms with E-state index in [-0.39, 0.29) is 0 Å². The molecular formula is C18H31NO2. The molecule has 1 aromatic rings. The summed E-state index contributed by atoms with van der Waals surface area (Å²) >= 11 is 0. The molecule has 1 heterocycles. The maximum atomic E-state index is 6.22. The second-order valence-electron chi connectivity index (χ2n) is 6.82. The molecule has 0 amide bonds. The van der Waals surface area contributed by atoms with Crippen molar-refractivity contribution in [2.75, 3.05) is 6.54 Å². The van der Waals surface area contributed by atoms with Gasteiger partial charge in [0.15, 0.2) is 0 Å². The third kappa shape index (κ3) is 4.86. The third-order valence-corrected chi connectivity index (χ3v) is 4.67. The summed E-state index contributed by atoms with van der Waals surface area (Å²) in [5, 5.41) is 3.28. The van der Waals surface area contributed by atoms with Crippen LogP contribution in [-0.4, -0.2) is 12.6 Å². The van der Waals surface area contributed by atoms with Crippen LogP contribution in [0, 0.1) is 17.8 Å². The topological polar surface area (TPSA) is 34.4 Å². The van der Waals surface area contributed by atoms with Gasteiger partial charge in [-0.3, -0.25) is 0 Å². The second-order valence-corrected chi connectivity index (χ2v) is 6.82. The van der Waals surface area contributed by atoms with Crippen molar-refractivity contribution in [3.63, 3.8) is 0 Å². The molecule has 0 bridgehead atoms. The highest BCUT2D eigenvalue weighted by Gasteiger charge is 2.31. The maximum absolute atomic E-state index is 6.22. The first-order valence-corrected chi connectivity index (χ1v) is 8.50. The molecule has 0 spiro atoms. The Bertz CT molecular complexity index is 413. The van der Waals surface area contributed by atoms with Gasteiger partial charge >= 0.3 is 0 Å². The highest BCUT2D eigenvalue weighted by molar-refractivity contribution is 5.06. The van der Waals surface area contributed by atoms with Crippen LogP contribution in [0.25, 0.3) is 0 Å². The number of hydrogen-bond acceptors (Lipinski definition) is 3. The number of rotatable bonds is 7. The first-order chi connectivity index (χ1) is 10.1. The van der Waals surface area contributed by atoms with Gasteiger partial charge in [-0.05, 0) is 49.3 Å². The van der Waals surface area contributed by atoms with E-state index in [0.29, 0.717) is 24.5 Å². The molecule has 3 unspecified atom stereocenters. The van der Waals surface area contributed by atoms with Gasteiger partial charge < -0.3 is 14.5 Å². The van der Waals surface area contributed by atoms with E-state index >= 15 is 0 Å². The highest BCUT2D eigenvalue weighted by atomic mass is 16.5. The van der Waals surface area contributed by atoms with Gasteiger partial charge in [-0.1, -0.05) is 34.1 Å². The Balaban J connectivity index is 1.86. The molecular weight excluding hydrogens is 262 g/mol. The lowest BCUT2D eigenvalue weighted by Crippen LogP contribution is -2.34. The summed E-state index contributed by atoms with van der Waals surface area (Å²) in [6.45, 7) is 11.4. The number of nitrogens with one attached hydrogen (secondary N) is 1. The minimum Gasteiger partial charge on any atom is -0.462 e. The van der Waals surface area contributed by atoms with Crippen LogP contribution in [0.15, 0.2) is 16.5 Å². The first-order valence-electron chi connectivity index (χ1n) is 8.50. The Kier molecular flexibility index (Phi) is 6.31. The van der Waals surface area contributed by atoms with E-state index in [1.807, 2.05) is 12.1 Å². The molecule has 120 valence electrons. The van der Waals surface area contributed by atoms with Crippen LogP contribution < -0.4 is 5.32 Å². The van der Waals surface area contributed by atoms with Crippen LogP contribution in [0.1, 0.15) is 58.5 Å². The molecule has 1 saturated carbocycles. The standard InChI is InChI=1S/C18H31NO2/c1-5-19-11-15-7-8-16(21-15)12-20-18-10-14(4)6-9-17(18)13(2)3/h7-8,13-14,17-19H,5-6,9-12H2,1-4H3. The van der Waals surface area contributed by atoms with Crippen molar-refractivity contribution in [2.24, 2.45) is 17.8 Å². The molecule has 21 heavy (non-hydrogen) atoms. The fraction of sp³-hybridized carbons (Fsp3) is 0.778. The van der Waals surface area contributed by atoms with Crippen molar-refractivity contribution in [3.05, 3.63) is 23.7 Å². The molecule has 3 atom stereocenters. The van der Waals surface area contributed by atoms with Gasteiger partial charge in [-0.25, -0.2) is 0 Å². The largest absolute Gasteiger partial charge is 0.462 e. The lowest BCUT2D eigenvalue weighted by molar-refractivity contribution is -0.0524. The Morgan fingerprint density at radius 2 is 2.05 bits per heavy atom. The zero-order valence-electron chi connectivity index (χ0n) is 14.0.